The van der Waals surface area contributed by atoms with Gasteiger partial charge in [0.1, 0.15) is 0 Å². The van der Waals surface area contributed by atoms with E-state index >= 15 is 0 Å². The second kappa shape index (κ2) is 89.4. The molecule has 0 saturated carbocycles. The average Bonchev–Trinajstić information content (AvgIpc) is 1.00. The van der Waals surface area contributed by atoms with Gasteiger partial charge >= 0.3 is 37.7 Å². The normalized spacial score (nSPS) is 0.800. The molecule has 0 atom stereocenters. The van der Waals surface area contributed by atoms with E-state index in [9.17, 15) is 0 Å². The summed E-state index contributed by atoms with van der Waals surface area (Å²) in [4.78, 5) is 0. The molecule has 0 rings (SSSR count). The van der Waals surface area contributed by atoms with E-state index in [2.05, 4.69) is 13.2 Å². The van der Waals surface area contributed by atoms with Gasteiger partial charge in [-0.3, -0.25) is 0 Å². The quantitative estimate of drug-likeness (QED) is 0.340. The van der Waals surface area contributed by atoms with Crippen molar-refractivity contribution in [2.24, 2.45) is 0 Å². The minimum absolute atomic E-state index is 0. The average molecular weight is 104 g/mol. The van der Waals surface area contributed by atoms with E-state index < -0.39 is 0 Å². The minimum atomic E-state index is 0. The molecule has 0 aromatic carbocycles. The Morgan fingerprint density at radius 3 is 0.800 bits per heavy atom. The Labute approximate surface area is 62.8 Å². The van der Waals surface area contributed by atoms with E-state index in [-0.39, 0.29) is 50.0 Å². The van der Waals surface area contributed by atoms with Crippen LogP contribution in [0.3, 0.4) is 0 Å². The molecule has 0 aliphatic rings. The number of hydrogen-bond donors (Lipinski definition) is 2. The van der Waals surface area contributed by atoms with Gasteiger partial charge in [-0.1, -0.05) is 0 Å². The molecule has 0 radical (unpaired) electrons. The molecule has 5 heavy (non-hydrogen) atoms. The van der Waals surface area contributed by atoms with Crippen molar-refractivity contribution in [1.82, 2.24) is 12.3 Å². The molecule has 0 aliphatic heterocycles. The van der Waals surface area contributed by atoms with E-state index in [1.54, 1.807) is 0 Å². The summed E-state index contributed by atoms with van der Waals surface area (Å²) in [5.74, 6) is 0. The summed E-state index contributed by atoms with van der Waals surface area (Å²) in [6.07, 6.45) is 0. The molecule has 0 saturated heterocycles. The molecule has 0 aliphatic carbocycles. The molecular formula is C2H12CaN2. The van der Waals surface area contributed by atoms with Gasteiger partial charge in [0, 0.05) is 0 Å². The summed E-state index contributed by atoms with van der Waals surface area (Å²) in [5, 5.41) is 0. The molecule has 0 spiro atoms. The zero-order valence-electron chi connectivity index (χ0n) is 2.83. The van der Waals surface area contributed by atoms with E-state index in [1.807, 2.05) is 0 Å². The molecule has 0 fully saturated rings. The van der Waals surface area contributed by atoms with Crippen LogP contribution in [0.2, 0.25) is 0 Å². The molecule has 0 amide bonds. The summed E-state index contributed by atoms with van der Waals surface area (Å²) in [6.45, 7) is 6.00. The van der Waals surface area contributed by atoms with Crippen LogP contribution in [-0.2, 0) is 0 Å². The van der Waals surface area contributed by atoms with Crippen LogP contribution in [-0.4, -0.2) is 37.7 Å². The Morgan fingerprint density at radius 1 is 0.800 bits per heavy atom. The van der Waals surface area contributed by atoms with Gasteiger partial charge in [-0.15, -0.1) is 13.2 Å². The summed E-state index contributed by atoms with van der Waals surface area (Å²) < 4.78 is 0. The van der Waals surface area contributed by atoms with Crippen molar-refractivity contribution in [1.29, 1.82) is 0 Å². The first-order valence-corrected chi connectivity index (χ1v) is 0.500. The number of rotatable bonds is 0. The van der Waals surface area contributed by atoms with Crippen LogP contribution in [0.1, 0.15) is 0 Å². The molecule has 0 bridgehead atoms. The SMILES string of the molecule is C=C.N.N.[CaH2]. The summed E-state index contributed by atoms with van der Waals surface area (Å²) in [7, 11) is 0. The topological polar surface area (TPSA) is 70.0 Å². The second-order valence-corrected chi connectivity index (χ2v) is 0. The monoisotopic (exact) mass is 104 g/mol. The van der Waals surface area contributed by atoms with E-state index in [0.717, 1.165) is 0 Å². The van der Waals surface area contributed by atoms with Gasteiger partial charge in [0.2, 0.25) is 0 Å². The van der Waals surface area contributed by atoms with Gasteiger partial charge in [0.15, 0.2) is 0 Å². The summed E-state index contributed by atoms with van der Waals surface area (Å²) in [6, 6.07) is 0. The summed E-state index contributed by atoms with van der Waals surface area (Å²) >= 11 is 0. The van der Waals surface area contributed by atoms with Gasteiger partial charge in [-0.25, -0.2) is 0 Å². The van der Waals surface area contributed by atoms with Crippen LogP contribution in [0, 0.1) is 0 Å². The molecule has 2 nitrogen and oxygen atoms in total. The van der Waals surface area contributed by atoms with Gasteiger partial charge in [-0.2, -0.15) is 0 Å². The van der Waals surface area contributed by atoms with Crippen molar-refractivity contribution in [2.75, 3.05) is 0 Å². The molecule has 0 heterocycles. The first-order chi connectivity index (χ1) is 1.00. The zero-order valence-corrected chi connectivity index (χ0v) is 2.83. The third-order valence-electron chi connectivity index (χ3n) is 0. The van der Waals surface area contributed by atoms with E-state index in [1.165, 1.54) is 0 Å². The Bertz CT molecular complexity index is 7.61. The predicted octanol–water partition coefficient (Wildman–Crippen LogP) is 0.210. The molecular weight excluding hydrogens is 92.1 g/mol. The predicted molar refractivity (Wildman–Crippen MR) is 29.8 cm³/mol. The van der Waals surface area contributed by atoms with Gasteiger partial charge in [-0.05, 0) is 0 Å². The summed E-state index contributed by atoms with van der Waals surface area (Å²) in [5.41, 5.74) is 0. The van der Waals surface area contributed by atoms with Crippen molar-refractivity contribution in [3.63, 3.8) is 0 Å². The fourth-order valence-corrected chi connectivity index (χ4v) is 0. The fourth-order valence-electron chi connectivity index (χ4n) is 0. The first-order valence-electron chi connectivity index (χ1n) is 0.500. The molecule has 0 aromatic heterocycles. The van der Waals surface area contributed by atoms with Crippen molar-refractivity contribution in [3.05, 3.63) is 13.2 Å². The van der Waals surface area contributed by atoms with Crippen LogP contribution >= 0.6 is 0 Å². The fraction of sp³-hybridized carbons (Fsp3) is 0. The van der Waals surface area contributed by atoms with E-state index in [0.29, 0.717) is 0 Å². The molecule has 0 unspecified atom stereocenters. The zero-order chi connectivity index (χ0) is 2.00. The van der Waals surface area contributed by atoms with Crippen LogP contribution in [0.4, 0.5) is 0 Å². The van der Waals surface area contributed by atoms with E-state index in [4.69, 9.17) is 0 Å². The molecule has 0 aromatic rings. The van der Waals surface area contributed by atoms with Crippen LogP contribution in [0.25, 0.3) is 0 Å². The van der Waals surface area contributed by atoms with Crippen molar-refractivity contribution >= 4 is 37.7 Å². The molecule has 32 valence electrons. The van der Waals surface area contributed by atoms with Crippen LogP contribution < -0.4 is 12.3 Å². The van der Waals surface area contributed by atoms with Crippen molar-refractivity contribution in [3.8, 4) is 0 Å². The van der Waals surface area contributed by atoms with Gasteiger partial charge in [0.25, 0.3) is 0 Å². The van der Waals surface area contributed by atoms with Crippen molar-refractivity contribution in [2.45, 2.75) is 0 Å². The Kier molecular flexibility index (Phi) is 695. The Hall–Kier alpha value is 0.920. The Morgan fingerprint density at radius 2 is 0.800 bits per heavy atom. The van der Waals surface area contributed by atoms with Gasteiger partial charge < -0.3 is 12.3 Å². The second-order valence-electron chi connectivity index (χ2n) is 0. The first kappa shape index (κ1) is 38.9. The van der Waals surface area contributed by atoms with Gasteiger partial charge in [0.05, 0.1) is 0 Å². The van der Waals surface area contributed by atoms with Crippen LogP contribution in [0.5, 0.6) is 0 Å². The third kappa shape index (κ3) is 49.6. The molecule has 3 heteroatoms. The standard InChI is InChI=1S/C2H4.Ca.2H3N.2H/c1-2;;;;;/h1-2H2;;2*1H3;;. The third-order valence-corrected chi connectivity index (χ3v) is 0. The van der Waals surface area contributed by atoms with Crippen molar-refractivity contribution < 1.29 is 0 Å². The Balaban J connectivity index is -0.00000000167. The maximum atomic E-state index is 3.00. The van der Waals surface area contributed by atoms with Crippen LogP contribution in [0.15, 0.2) is 13.2 Å². The number of hydrogen-bond acceptors (Lipinski definition) is 2. The maximum absolute atomic E-state index is 3.00. The molecule has 6 N–H and O–H groups in total.